The van der Waals surface area contributed by atoms with Gasteiger partial charge in [-0.25, -0.2) is 13.9 Å². The standard InChI is InChI=1S/C30H27FN8O3/c1-30(2,18-40)27-14-28(39(37-27)21-6-4-5-19(11-21)15-32)36-29(41)35-25-8-7-22(12-24(25)31)42-23-9-10-33-26(13-23)20-16-34-38(3)17-20/h4-14,16-17,40H,18H2,1-3H3,(H2,35,36,41). The van der Waals surface area contributed by atoms with Crippen LogP contribution in [-0.2, 0) is 12.5 Å². The van der Waals surface area contributed by atoms with Crippen LogP contribution in [0.5, 0.6) is 11.5 Å². The molecule has 3 heterocycles. The van der Waals surface area contributed by atoms with Crippen molar-refractivity contribution in [3.8, 4) is 34.5 Å². The quantitative estimate of drug-likeness (QED) is 0.229. The van der Waals surface area contributed by atoms with E-state index in [2.05, 4.69) is 31.9 Å². The van der Waals surface area contributed by atoms with E-state index in [-0.39, 0.29) is 23.9 Å². The second kappa shape index (κ2) is 11.5. The molecule has 5 rings (SSSR count). The van der Waals surface area contributed by atoms with Crippen molar-refractivity contribution in [1.82, 2.24) is 24.5 Å². The summed E-state index contributed by atoms with van der Waals surface area (Å²) < 4.78 is 23.9. The first-order chi connectivity index (χ1) is 20.1. The summed E-state index contributed by atoms with van der Waals surface area (Å²) in [5, 5.41) is 33.0. The Hall–Kier alpha value is -5.54. The van der Waals surface area contributed by atoms with E-state index in [0.717, 1.165) is 5.56 Å². The molecule has 0 spiro atoms. The summed E-state index contributed by atoms with van der Waals surface area (Å²) in [5.41, 5.74) is 2.13. The number of pyridine rings is 1. The van der Waals surface area contributed by atoms with Gasteiger partial charge >= 0.3 is 6.03 Å². The zero-order valence-corrected chi connectivity index (χ0v) is 23.0. The lowest BCUT2D eigenvalue weighted by Crippen LogP contribution is -2.22. The molecule has 2 aromatic carbocycles. The minimum atomic E-state index is -0.719. The fourth-order valence-electron chi connectivity index (χ4n) is 4.04. The van der Waals surface area contributed by atoms with Gasteiger partial charge in [0.25, 0.3) is 0 Å². The van der Waals surface area contributed by atoms with Crippen LogP contribution in [-0.4, -0.2) is 42.3 Å². The third-order valence-electron chi connectivity index (χ3n) is 6.42. The highest BCUT2D eigenvalue weighted by atomic mass is 19.1. The lowest BCUT2D eigenvalue weighted by molar-refractivity contribution is 0.215. The number of aliphatic hydroxyl groups is 1. The summed E-state index contributed by atoms with van der Waals surface area (Å²) in [6, 6.07) is 17.1. The molecule has 0 atom stereocenters. The highest BCUT2D eigenvalue weighted by Gasteiger charge is 2.26. The van der Waals surface area contributed by atoms with Crippen LogP contribution in [0.25, 0.3) is 16.9 Å². The molecule has 212 valence electrons. The number of amides is 2. The van der Waals surface area contributed by atoms with Gasteiger partial charge in [0.05, 0.1) is 47.2 Å². The molecule has 11 nitrogen and oxygen atoms in total. The van der Waals surface area contributed by atoms with Crippen molar-refractivity contribution in [2.45, 2.75) is 19.3 Å². The predicted molar refractivity (Wildman–Crippen MR) is 154 cm³/mol. The molecular weight excluding hydrogens is 539 g/mol. The molecule has 0 aliphatic rings. The van der Waals surface area contributed by atoms with Crippen molar-refractivity contribution in [3.63, 3.8) is 0 Å². The first-order valence-corrected chi connectivity index (χ1v) is 12.9. The van der Waals surface area contributed by atoms with Crippen molar-refractivity contribution in [1.29, 1.82) is 5.26 Å². The van der Waals surface area contributed by atoms with Crippen LogP contribution in [0, 0.1) is 17.1 Å². The molecule has 0 aliphatic heterocycles. The largest absolute Gasteiger partial charge is 0.457 e. The minimum Gasteiger partial charge on any atom is -0.457 e. The number of aryl methyl sites for hydroxylation is 1. The SMILES string of the molecule is Cn1cc(-c2cc(Oc3ccc(NC(=O)Nc4cc(C(C)(C)CO)nn4-c4cccc(C#N)c4)c(F)c3)ccn2)cn1. The van der Waals surface area contributed by atoms with E-state index in [9.17, 15) is 15.2 Å². The Morgan fingerprint density at radius 2 is 1.93 bits per heavy atom. The van der Waals surface area contributed by atoms with Crippen LogP contribution in [0.1, 0.15) is 25.1 Å². The van der Waals surface area contributed by atoms with E-state index in [0.29, 0.717) is 28.4 Å². The maximum Gasteiger partial charge on any atom is 0.324 e. The first kappa shape index (κ1) is 28.0. The van der Waals surface area contributed by atoms with Crippen molar-refractivity contribution in [3.05, 3.63) is 96.3 Å². The summed E-state index contributed by atoms with van der Waals surface area (Å²) in [6.07, 6.45) is 5.09. The third-order valence-corrected chi connectivity index (χ3v) is 6.42. The van der Waals surface area contributed by atoms with Crippen LogP contribution in [0.15, 0.2) is 79.3 Å². The van der Waals surface area contributed by atoms with Gasteiger partial charge in [0, 0.05) is 48.6 Å². The van der Waals surface area contributed by atoms with E-state index in [1.807, 2.05) is 6.20 Å². The van der Waals surface area contributed by atoms with Crippen LogP contribution >= 0.6 is 0 Å². The lowest BCUT2D eigenvalue weighted by Gasteiger charge is -2.18. The van der Waals surface area contributed by atoms with Crippen LogP contribution in [0.3, 0.4) is 0 Å². The highest BCUT2D eigenvalue weighted by molar-refractivity contribution is 5.99. The van der Waals surface area contributed by atoms with Gasteiger partial charge in [-0.2, -0.15) is 15.5 Å². The number of urea groups is 1. The summed E-state index contributed by atoms with van der Waals surface area (Å²) in [5.74, 6) is 0.244. The fourth-order valence-corrected chi connectivity index (χ4v) is 4.04. The Bertz CT molecular complexity index is 1800. The molecule has 0 saturated heterocycles. The topological polar surface area (TPSA) is 143 Å². The van der Waals surface area contributed by atoms with Crippen molar-refractivity contribution < 1.29 is 19.0 Å². The van der Waals surface area contributed by atoms with Crippen LogP contribution in [0.2, 0.25) is 0 Å². The Balaban J connectivity index is 1.33. The summed E-state index contributed by atoms with van der Waals surface area (Å²) in [7, 11) is 1.81. The Morgan fingerprint density at radius 3 is 2.64 bits per heavy atom. The van der Waals surface area contributed by atoms with Crippen LogP contribution in [0.4, 0.5) is 20.7 Å². The van der Waals surface area contributed by atoms with E-state index in [1.54, 1.807) is 80.4 Å². The highest BCUT2D eigenvalue weighted by Crippen LogP contribution is 2.29. The fraction of sp³-hybridized carbons (Fsp3) is 0.167. The number of anilines is 2. The Morgan fingerprint density at radius 1 is 1.12 bits per heavy atom. The number of hydrogen-bond acceptors (Lipinski definition) is 7. The molecule has 3 N–H and O–H groups in total. The second-order valence-electron chi connectivity index (χ2n) is 10.1. The van der Waals surface area contributed by atoms with Gasteiger partial charge in [-0.15, -0.1) is 0 Å². The monoisotopic (exact) mass is 566 g/mol. The first-order valence-electron chi connectivity index (χ1n) is 12.9. The zero-order chi connectivity index (χ0) is 29.9. The average Bonchev–Trinajstić information content (AvgIpc) is 3.61. The van der Waals surface area contributed by atoms with Gasteiger partial charge < -0.3 is 15.2 Å². The van der Waals surface area contributed by atoms with E-state index in [4.69, 9.17) is 4.74 Å². The van der Waals surface area contributed by atoms with E-state index < -0.39 is 17.3 Å². The van der Waals surface area contributed by atoms with Gasteiger partial charge in [0.2, 0.25) is 0 Å². The molecule has 3 aromatic heterocycles. The number of aromatic nitrogens is 5. The number of benzene rings is 2. The summed E-state index contributed by atoms with van der Waals surface area (Å²) >= 11 is 0. The molecule has 5 aromatic rings. The molecule has 2 amide bonds. The molecule has 0 aliphatic carbocycles. The molecule has 42 heavy (non-hydrogen) atoms. The van der Waals surface area contributed by atoms with Gasteiger partial charge in [0.15, 0.2) is 0 Å². The number of hydrogen-bond donors (Lipinski definition) is 3. The number of aliphatic hydroxyl groups excluding tert-OH is 1. The van der Waals surface area contributed by atoms with Crippen molar-refractivity contribution in [2.75, 3.05) is 17.2 Å². The van der Waals surface area contributed by atoms with Crippen LogP contribution < -0.4 is 15.4 Å². The number of halogens is 1. The lowest BCUT2D eigenvalue weighted by atomic mass is 9.91. The molecule has 12 heteroatoms. The molecule has 0 fully saturated rings. The molecule has 0 bridgehead atoms. The number of rotatable bonds is 8. The number of ether oxygens (including phenoxy) is 1. The average molecular weight is 567 g/mol. The summed E-state index contributed by atoms with van der Waals surface area (Å²) in [4.78, 5) is 17.3. The van der Waals surface area contributed by atoms with Crippen molar-refractivity contribution in [2.24, 2.45) is 7.05 Å². The normalized spacial score (nSPS) is 11.1. The number of nitrogens with one attached hydrogen (secondary N) is 2. The van der Waals surface area contributed by atoms with E-state index >= 15 is 4.39 Å². The van der Waals surface area contributed by atoms with Gasteiger partial charge in [-0.05, 0) is 36.4 Å². The maximum atomic E-state index is 15.0. The summed E-state index contributed by atoms with van der Waals surface area (Å²) in [6.45, 7) is 3.43. The smallest absolute Gasteiger partial charge is 0.324 e. The number of carbonyl (C=O) groups is 1. The second-order valence-corrected chi connectivity index (χ2v) is 10.1. The van der Waals surface area contributed by atoms with Crippen molar-refractivity contribution >= 4 is 17.5 Å². The molecular formula is C30H27FN8O3. The van der Waals surface area contributed by atoms with Gasteiger partial charge in [-0.3, -0.25) is 15.0 Å². The number of nitriles is 1. The zero-order valence-electron chi connectivity index (χ0n) is 23.0. The number of nitrogens with zero attached hydrogens (tertiary/aromatic N) is 6. The third kappa shape index (κ3) is 6.11. The van der Waals surface area contributed by atoms with Gasteiger partial charge in [0.1, 0.15) is 23.1 Å². The molecule has 0 unspecified atom stereocenters. The number of carbonyl (C=O) groups excluding carboxylic acids is 1. The minimum absolute atomic E-state index is 0.0703. The Kier molecular flexibility index (Phi) is 7.68. The molecule has 0 radical (unpaired) electrons. The molecule has 0 saturated carbocycles. The predicted octanol–water partition coefficient (Wildman–Crippen LogP) is 5.38. The maximum absolute atomic E-state index is 15.0. The Labute approximate surface area is 240 Å². The van der Waals surface area contributed by atoms with E-state index in [1.165, 1.54) is 22.9 Å². The van der Waals surface area contributed by atoms with Gasteiger partial charge in [-0.1, -0.05) is 19.9 Å².